The van der Waals surface area contributed by atoms with Crippen molar-refractivity contribution in [2.45, 2.75) is 0 Å². The number of nitrogens with zero attached hydrogens (tertiary/aromatic N) is 2. The Morgan fingerprint density at radius 3 is 2.83 bits per heavy atom. The molecule has 0 aliphatic rings. The Kier molecular flexibility index (Phi) is 4.29. The summed E-state index contributed by atoms with van der Waals surface area (Å²) in [6.45, 7) is 0. The summed E-state index contributed by atoms with van der Waals surface area (Å²) < 4.78 is 4.86. The van der Waals surface area contributed by atoms with E-state index < -0.39 is 0 Å². The van der Waals surface area contributed by atoms with Crippen LogP contribution in [0.2, 0.25) is 0 Å². The average molecular weight is 387 g/mol. The molecule has 12 heavy (non-hydrogen) atoms. The van der Waals surface area contributed by atoms with E-state index in [0.29, 0.717) is 11.1 Å². The second-order valence-electron chi connectivity index (χ2n) is 1.86. The van der Waals surface area contributed by atoms with Crippen molar-refractivity contribution in [3.63, 3.8) is 0 Å². The number of rotatable bonds is 0. The van der Waals surface area contributed by atoms with Gasteiger partial charge in [0.05, 0.1) is 6.20 Å². The van der Waals surface area contributed by atoms with Gasteiger partial charge in [0.25, 0.3) is 0 Å². The minimum Gasteiger partial charge on any atom is -0.463 e. The van der Waals surface area contributed by atoms with E-state index in [4.69, 9.17) is 10.2 Å². The van der Waals surface area contributed by atoms with Crippen LogP contribution in [0, 0.1) is 38.5 Å². The number of hydrogen-bond acceptors (Lipinski definition) is 3. The van der Waals surface area contributed by atoms with Gasteiger partial charge in [0.1, 0.15) is 11.6 Å². The molecule has 2 aromatic rings. The van der Waals surface area contributed by atoms with E-state index >= 15 is 0 Å². The van der Waals surface area contributed by atoms with E-state index in [9.17, 15) is 0 Å². The first-order valence-electron chi connectivity index (χ1n) is 2.78. The number of oxazole rings is 1. The van der Waals surface area contributed by atoms with Crippen LogP contribution >= 0.6 is 0 Å². The minimum atomic E-state index is -0.0667. The Bertz CT molecular complexity index is 327. The van der Waals surface area contributed by atoms with Crippen molar-refractivity contribution in [1.29, 1.82) is 0 Å². The largest absolute Gasteiger partial charge is 2.00 e. The number of nitrogens with one attached hydrogen (secondary N) is 1. The summed E-state index contributed by atoms with van der Waals surface area (Å²) in [5.74, 6) is 0. The van der Waals surface area contributed by atoms with Gasteiger partial charge in [-0.1, -0.05) is 0 Å². The van der Waals surface area contributed by atoms with Crippen LogP contribution in [-0.4, -0.2) is 9.97 Å². The Morgan fingerprint density at radius 2 is 2.17 bits per heavy atom. The van der Waals surface area contributed by atoms with E-state index in [1.807, 2.05) is 0 Å². The number of hydrogen-bond donors (Lipinski definition) is 0. The third-order valence-electron chi connectivity index (χ3n) is 1.19. The first-order valence-corrected chi connectivity index (χ1v) is 2.78. The molecule has 0 saturated heterocycles. The van der Waals surface area contributed by atoms with Crippen LogP contribution in [0.25, 0.3) is 16.8 Å². The van der Waals surface area contributed by atoms with Gasteiger partial charge in [-0.25, -0.2) is 0 Å². The molecule has 0 aliphatic carbocycles. The van der Waals surface area contributed by atoms with Gasteiger partial charge in [0.15, 0.2) is 0 Å². The molecule has 1 N–H and O–H groups in total. The molecule has 0 aromatic carbocycles. The molecule has 0 aliphatic heterocycles. The van der Waals surface area contributed by atoms with Crippen molar-refractivity contribution in [2.75, 3.05) is 0 Å². The molecule has 0 bridgehead atoms. The van der Waals surface area contributed by atoms with E-state index in [-0.39, 0.29) is 44.6 Å². The van der Waals surface area contributed by atoms with Crippen molar-refractivity contribution in [2.24, 2.45) is 0 Å². The predicted octanol–water partition coefficient (Wildman–Crippen LogP) is 2.36. The molecule has 2 heterocycles. The van der Waals surface area contributed by atoms with Crippen LogP contribution in [0.4, 0.5) is 6.01 Å². The van der Waals surface area contributed by atoms with Crippen molar-refractivity contribution >= 4 is 17.1 Å². The molecule has 60 valence electrons. The van der Waals surface area contributed by atoms with Gasteiger partial charge >= 0.3 is 31.1 Å². The maximum atomic E-state index is 7.02. The summed E-state index contributed by atoms with van der Waals surface area (Å²) in [5.41, 5.74) is 8.26. The molecule has 0 spiro atoms. The SMILES string of the molecule is [CH3-].[NH-]c1nc2ccncc2o1.[U+2]. The zero-order chi connectivity index (χ0) is 6.97. The summed E-state index contributed by atoms with van der Waals surface area (Å²) in [4.78, 5) is 7.58. The first-order chi connectivity index (χ1) is 4.86. The fourth-order valence-electron chi connectivity index (χ4n) is 0.780. The summed E-state index contributed by atoms with van der Waals surface area (Å²) in [6, 6.07) is 1.64. The maximum Gasteiger partial charge on any atom is 2.00 e. The van der Waals surface area contributed by atoms with Gasteiger partial charge in [0.2, 0.25) is 0 Å². The topological polar surface area (TPSA) is 62.7 Å². The normalized spacial score (nSPS) is 8.67. The Balaban J connectivity index is 0.000000605. The number of pyridine rings is 1. The maximum absolute atomic E-state index is 7.02. The molecule has 5 heteroatoms. The van der Waals surface area contributed by atoms with Crippen molar-refractivity contribution in [3.05, 3.63) is 31.6 Å². The van der Waals surface area contributed by atoms with Gasteiger partial charge in [-0.3, -0.25) is 4.98 Å². The predicted molar refractivity (Wildman–Crippen MR) is 42.2 cm³/mol. The zero-order valence-corrected chi connectivity index (χ0v) is 10.7. The van der Waals surface area contributed by atoms with Crippen LogP contribution < -0.4 is 0 Å². The van der Waals surface area contributed by atoms with Crippen molar-refractivity contribution in [3.8, 4) is 0 Å². The third-order valence-corrected chi connectivity index (χ3v) is 1.19. The molecule has 0 unspecified atom stereocenters. The second-order valence-corrected chi connectivity index (χ2v) is 1.86. The molecular weight excluding hydrogens is 380 g/mol. The minimum absolute atomic E-state index is 0. The molecule has 2 aromatic heterocycles. The van der Waals surface area contributed by atoms with Gasteiger partial charge in [0, 0.05) is 11.7 Å². The van der Waals surface area contributed by atoms with E-state index in [0.717, 1.165) is 0 Å². The summed E-state index contributed by atoms with van der Waals surface area (Å²) in [5, 5.41) is 0. The third kappa shape index (κ3) is 1.99. The molecule has 0 fully saturated rings. The monoisotopic (exact) mass is 387 g/mol. The number of aromatic nitrogens is 2. The fraction of sp³-hybridized carbons (Fsp3) is 0. The quantitative estimate of drug-likeness (QED) is 0.652. The molecule has 2 rings (SSSR count). The van der Waals surface area contributed by atoms with Gasteiger partial charge in [-0.2, -0.15) is 0 Å². The smallest absolute Gasteiger partial charge is 0.463 e. The fourth-order valence-corrected chi connectivity index (χ4v) is 0.780. The van der Waals surface area contributed by atoms with Crippen LogP contribution in [0.3, 0.4) is 0 Å². The molecule has 0 radical (unpaired) electrons. The Hall–Kier alpha value is -0.528. The number of fused-ring (bicyclic) bond motifs is 1. The Labute approximate surface area is 93.9 Å². The zero-order valence-electron chi connectivity index (χ0n) is 6.53. The molecular formula is C7H7N3OU. The van der Waals surface area contributed by atoms with Crippen LogP contribution in [-0.2, 0) is 0 Å². The van der Waals surface area contributed by atoms with Gasteiger partial charge in [-0.15, -0.1) is 0 Å². The second kappa shape index (κ2) is 4.49. The van der Waals surface area contributed by atoms with Crippen LogP contribution in [0.15, 0.2) is 22.9 Å². The van der Waals surface area contributed by atoms with Gasteiger partial charge < -0.3 is 22.6 Å². The average Bonchev–Trinajstić information content (AvgIpc) is 2.27. The van der Waals surface area contributed by atoms with Crippen molar-refractivity contribution in [1.82, 2.24) is 9.97 Å². The standard InChI is InChI=1S/C6H4N3O.CH3.U/c7-6-9-4-1-2-8-3-5(4)10-6;;/h1-3H,(H-,7,9);1H3;/q2*-1;+2. The molecule has 0 atom stereocenters. The first kappa shape index (κ1) is 11.5. The van der Waals surface area contributed by atoms with E-state index in [1.54, 1.807) is 18.5 Å². The molecule has 0 saturated carbocycles. The van der Waals surface area contributed by atoms with Crippen LogP contribution in [0.5, 0.6) is 0 Å². The Morgan fingerprint density at radius 1 is 1.42 bits per heavy atom. The van der Waals surface area contributed by atoms with Crippen LogP contribution in [0.1, 0.15) is 0 Å². The van der Waals surface area contributed by atoms with Gasteiger partial charge in [-0.05, 0) is 6.07 Å². The van der Waals surface area contributed by atoms with E-state index in [2.05, 4.69) is 9.97 Å². The molecule has 4 nitrogen and oxygen atoms in total. The summed E-state index contributed by atoms with van der Waals surface area (Å²) >= 11 is 0. The molecule has 0 amide bonds. The van der Waals surface area contributed by atoms with Crippen molar-refractivity contribution < 1.29 is 35.5 Å². The van der Waals surface area contributed by atoms with E-state index in [1.165, 1.54) is 0 Å². The summed E-state index contributed by atoms with van der Waals surface area (Å²) in [6.07, 6.45) is 3.16. The summed E-state index contributed by atoms with van der Waals surface area (Å²) in [7, 11) is 0.